The predicted octanol–water partition coefficient (Wildman–Crippen LogP) is 2.73. The minimum atomic E-state index is 0.0889. The molecule has 1 amide bonds. The van der Waals surface area contributed by atoms with E-state index in [0.29, 0.717) is 17.4 Å². The van der Waals surface area contributed by atoms with E-state index < -0.39 is 0 Å². The molecule has 1 rings (SSSR count). The van der Waals surface area contributed by atoms with Gasteiger partial charge < -0.3 is 10.3 Å². The number of amides is 1. The van der Waals surface area contributed by atoms with Crippen LogP contribution >= 0.6 is 0 Å². The van der Waals surface area contributed by atoms with Crippen molar-refractivity contribution in [3.05, 3.63) is 29.8 Å². The van der Waals surface area contributed by atoms with Crippen molar-refractivity contribution in [2.75, 3.05) is 18.5 Å². The van der Waals surface area contributed by atoms with E-state index in [1.165, 1.54) is 0 Å². The lowest BCUT2D eigenvalue weighted by Crippen LogP contribution is -2.37. The average molecular weight is 263 g/mol. The lowest BCUT2D eigenvalue weighted by molar-refractivity contribution is 0.0715. The Bertz CT molecular complexity index is 388. The number of benzene rings is 1. The Morgan fingerprint density at radius 3 is 1.95 bits per heavy atom. The van der Waals surface area contributed by atoms with Crippen LogP contribution in [0.3, 0.4) is 0 Å². The number of carbonyl (C=O) groups excluding carboxylic acids is 1. The van der Waals surface area contributed by atoms with E-state index in [-0.39, 0.29) is 5.91 Å². The summed E-state index contributed by atoms with van der Waals surface area (Å²) in [5.41, 5.74) is 4.07. The first-order chi connectivity index (χ1) is 8.93. The fourth-order valence-corrected chi connectivity index (χ4v) is 2.01. The Hall–Kier alpha value is -1.55. The lowest BCUT2D eigenvalue weighted by atomic mass is 10.1. The number of hydrazine groups is 1. The molecule has 0 saturated heterocycles. The van der Waals surface area contributed by atoms with Gasteiger partial charge in [0.05, 0.1) is 0 Å². The molecule has 106 valence electrons. The van der Waals surface area contributed by atoms with Crippen LogP contribution in [0.1, 0.15) is 38.1 Å². The van der Waals surface area contributed by atoms with Crippen LogP contribution in [0.2, 0.25) is 0 Å². The molecule has 1 aromatic rings. The summed E-state index contributed by atoms with van der Waals surface area (Å²) in [5, 5.41) is 0. The van der Waals surface area contributed by atoms with E-state index in [9.17, 15) is 4.79 Å². The van der Waals surface area contributed by atoms with Gasteiger partial charge in [-0.25, -0.2) is 0 Å². The van der Waals surface area contributed by atoms with Crippen molar-refractivity contribution in [1.29, 1.82) is 0 Å². The molecule has 0 bridgehead atoms. The monoisotopic (exact) mass is 263 g/mol. The van der Waals surface area contributed by atoms with Crippen molar-refractivity contribution in [1.82, 2.24) is 4.90 Å². The van der Waals surface area contributed by atoms with Crippen LogP contribution in [0.25, 0.3) is 0 Å². The van der Waals surface area contributed by atoms with Gasteiger partial charge in [-0.3, -0.25) is 10.6 Å². The summed E-state index contributed by atoms with van der Waals surface area (Å²) in [4.78, 5) is 14.4. The van der Waals surface area contributed by atoms with Gasteiger partial charge in [-0.1, -0.05) is 27.7 Å². The Labute approximate surface area is 115 Å². The largest absolute Gasteiger partial charge is 0.338 e. The summed E-state index contributed by atoms with van der Waals surface area (Å²) in [6.07, 6.45) is 0. The van der Waals surface area contributed by atoms with Crippen molar-refractivity contribution in [3.8, 4) is 0 Å². The third-order valence-electron chi connectivity index (χ3n) is 2.76. The molecule has 0 saturated carbocycles. The van der Waals surface area contributed by atoms with Crippen LogP contribution < -0.4 is 11.3 Å². The lowest BCUT2D eigenvalue weighted by Gasteiger charge is -2.26. The molecule has 4 nitrogen and oxygen atoms in total. The number of hydrogen-bond acceptors (Lipinski definition) is 3. The third-order valence-corrected chi connectivity index (χ3v) is 2.76. The molecule has 1 aromatic carbocycles. The fraction of sp³-hybridized carbons (Fsp3) is 0.533. The number of nitrogens with one attached hydrogen (secondary N) is 1. The summed E-state index contributed by atoms with van der Waals surface area (Å²) in [6.45, 7) is 10.1. The zero-order valence-corrected chi connectivity index (χ0v) is 12.3. The van der Waals surface area contributed by atoms with Crippen molar-refractivity contribution >= 4 is 11.6 Å². The van der Waals surface area contributed by atoms with E-state index in [1.54, 1.807) is 0 Å². The smallest absolute Gasteiger partial charge is 0.253 e. The Kier molecular flexibility index (Phi) is 5.83. The molecule has 0 aromatic heterocycles. The Morgan fingerprint density at radius 2 is 1.58 bits per heavy atom. The van der Waals surface area contributed by atoms with Gasteiger partial charge in [-0.05, 0) is 36.1 Å². The molecule has 0 heterocycles. The first kappa shape index (κ1) is 15.5. The van der Waals surface area contributed by atoms with Gasteiger partial charge in [0, 0.05) is 24.3 Å². The van der Waals surface area contributed by atoms with Gasteiger partial charge in [0.25, 0.3) is 5.91 Å². The highest BCUT2D eigenvalue weighted by molar-refractivity contribution is 5.94. The topological polar surface area (TPSA) is 58.4 Å². The average Bonchev–Trinajstić information content (AvgIpc) is 2.36. The molecule has 0 aliphatic rings. The SMILES string of the molecule is CC(C)CN(CC(C)C)C(=O)c1ccc(NN)cc1. The minimum Gasteiger partial charge on any atom is -0.338 e. The van der Waals surface area contributed by atoms with Crippen LogP contribution in [0.15, 0.2) is 24.3 Å². The summed E-state index contributed by atoms with van der Waals surface area (Å²) < 4.78 is 0. The highest BCUT2D eigenvalue weighted by atomic mass is 16.2. The summed E-state index contributed by atoms with van der Waals surface area (Å²) >= 11 is 0. The van der Waals surface area contributed by atoms with E-state index in [0.717, 1.165) is 18.8 Å². The van der Waals surface area contributed by atoms with E-state index >= 15 is 0 Å². The van der Waals surface area contributed by atoms with Crippen LogP contribution in [0, 0.1) is 11.8 Å². The van der Waals surface area contributed by atoms with Gasteiger partial charge in [-0.2, -0.15) is 0 Å². The zero-order chi connectivity index (χ0) is 14.4. The molecule has 0 spiro atoms. The highest BCUT2D eigenvalue weighted by Gasteiger charge is 2.17. The van der Waals surface area contributed by atoms with Crippen LogP contribution in [0.5, 0.6) is 0 Å². The standard InChI is InChI=1S/C15H25N3O/c1-11(2)9-18(10-12(3)4)15(19)13-5-7-14(17-16)8-6-13/h5-8,11-12,17H,9-10,16H2,1-4H3. The Morgan fingerprint density at radius 1 is 1.11 bits per heavy atom. The second-order valence-electron chi connectivity index (χ2n) is 5.72. The molecule has 0 aliphatic heterocycles. The molecule has 4 heteroatoms. The van der Waals surface area contributed by atoms with Gasteiger partial charge in [-0.15, -0.1) is 0 Å². The number of anilines is 1. The number of rotatable bonds is 6. The summed E-state index contributed by atoms with van der Waals surface area (Å²) in [5.74, 6) is 6.34. The fourth-order valence-electron chi connectivity index (χ4n) is 2.01. The van der Waals surface area contributed by atoms with Gasteiger partial charge in [0.15, 0.2) is 0 Å². The maximum Gasteiger partial charge on any atom is 0.253 e. The van der Waals surface area contributed by atoms with E-state index in [4.69, 9.17) is 5.84 Å². The van der Waals surface area contributed by atoms with Gasteiger partial charge in [0.1, 0.15) is 0 Å². The number of nitrogens with two attached hydrogens (primary N) is 1. The maximum absolute atomic E-state index is 12.5. The number of carbonyl (C=O) groups is 1. The van der Waals surface area contributed by atoms with E-state index in [2.05, 4.69) is 33.1 Å². The molecular formula is C15H25N3O. The molecule has 0 atom stereocenters. The first-order valence-electron chi connectivity index (χ1n) is 6.80. The van der Waals surface area contributed by atoms with Crippen molar-refractivity contribution in [2.24, 2.45) is 17.7 Å². The van der Waals surface area contributed by atoms with Gasteiger partial charge >= 0.3 is 0 Å². The molecule has 3 N–H and O–H groups in total. The molecule has 0 fully saturated rings. The first-order valence-corrected chi connectivity index (χ1v) is 6.80. The van der Waals surface area contributed by atoms with Crippen LogP contribution in [0.4, 0.5) is 5.69 Å². The third kappa shape index (κ3) is 4.91. The minimum absolute atomic E-state index is 0.0889. The zero-order valence-electron chi connectivity index (χ0n) is 12.3. The van der Waals surface area contributed by atoms with Crippen molar-refractivity contribution in [2.45, 2.75) is 27.7 Å². The van der Waals surface area contributed by atoms with Crippen molar-refractivity contribution in [3.63, 3.8) is 0 Å². The van der Waals surface area contributed by atoms with Crippen LogP contribution in [-0.4, -0.2) is 23.9 Å². The number of nitrogen functional groups attached to an aromatic ring is 1. The normalized spacial score (nSPS) is 10.9. The highest BCUT2D eigenvalue weighted by Crippen LogP contribution is 2.13. The van der Waals surface area contributed by atoms with Crippen molar-refractivity contribution < 1.29 is 4.79 Å². The summed E-state index contributed by atoms with van der Waals surface area (Å²) in [7, 11) is 0. The Balaban J connectivity index is 2.84. The molecule has 0 unspecified atom stereocenters. The quantitative estimate of drug-likeness (QED) is 0.613. The van der Waals surface area contributed by atoms with Gasteiger partial charge in [0.2, 0.25) is 0 Å². The van der Waals surface area contributed by atoms with E-state index in [1.807, 2.05) is 29.2 Å². The maximum atomic E-state index is 12.5. The second kappa shape index (κ2) is 7.14. The molecule has 0 radical (unpaired) electrons. The molecular weight excluding hydrogens is 238 g/mol. The van der Waals surface area contributed by atoms with Crippen LogP contribution in [-0.2, 0) is 0 Å². The second-order valence-corrected chi connectivity index (χ2v) is 5.72. The predicted molar refractivity (Wildman–Crippen MR) is 79.8 cm³/mol. The summed E-state index contributed by atoms with van der Waals surface area (Å²) in [6, 6.07) is 7.25. The number of hydrogen-bond donors (Lipinski definition) is 2. The molecule has 0 aliphatic carbocycles. The number of nitrogens with zero attached hydrogens (tertiary/aromatic N) is 1. The molecule has 19 heavy (non-hydrogen) atoms.